The molecule has 1 aliphatic heterocycles. The molecular formula is C24H29FN2O4. The summed E-state index contributed by atoms with van der Waals surface area (Å²) in [5.41, 5.74) is 0.856. The normalized spacial score (nSPS) is 13.6. The highest BCUT2D eigenvalue weighted by molar-refractivity contribution is 5.87. The van der Waals surface area contributed by atoms with Crippen LogP contribution in [0.1, 0.15) is 45.2 Å². The summed E-state index contributed by atoms with van der Waals surface area (Å²) in [7, 11) is 0. The number of amides is 2. The Labute approximate surface area is 182 Å². The number of rotatable bonds is 7. The van der Waals surface area contributed by atoms with Gasteiger partial charge in [0.25, 0.3) is 0 Å². The van der Waals surface area contributed by atoms with Crippen molar-refractivity contribution in [1.82, 2.24) is 10.2 Å². The van der Waals surface area contributed by atoms with Crippen LogP contribution in [0.3, 0.4) is 0 Å². The van der Waals surface area contributed by atoms with E-state index in [2.05, 4.69) is 5.32 Å². The first-order chi connectivity index (χ1) is 14.6. The molecule has 3 rings (SSSR count). The number of halogens is 1. The van der Waals surface area contributed by atoms with E-state index in [1.54, 1.807) is 25.1 Å². The Kier molecular flexibility index (Phi) is 6.83. The molecule has 7 heteroatoms. The predicted molar refractivity (Wildman–Crippen MR) is 115 cm³/mol. The molecule has 2 aromatic rings. The van der Waals surface area contributed by atoms with Gasteiger partial charge in [-0.2, -0.15) is 0 Å². The number of nitrogens with zero attached hydrogens (tertiary/aromatic N) is 1. The summed E-state index contributed by atoms with van der Waals surface area (Å²) in [6.07, 6.45) is 0.651. The third-order valence-corrected chi connectivity index (χ3v) is 5.03. The summed E-state index contributed by atoms with van der Waals surface area (Å²) >= 11 is 0. The molecule has 0 spiro atoms. The highest BCUT2D eigenvalue weighted by Gasteiger charge is 2.29. The second-order valence-corrected chi connectivity index (χ2v) is 8.72. The van der Waals surface area contributed by atoms with E-state index in [9.17, 15) is 14.0 Å². The largest absolute Gasteiger partial charge is 0.454 e. The zero-order chi connectivity index (χ0) is 22.6. The van der Waals surface area contributed by atoms with Crippen LogP contribution >= 0.6 is 0 Å². The van der Waals surface area contributed by atoms with Gasteiger partial charge in [-0.1, -0.05) is 24.3 Å². The predicted octanol–water partition coefficient (Wildman–Crippen LogP) is 3.82. The monoisotopic (exact) mass is 428 g/mol. The van der Waals surface area contributed by atoms with Gasteiger partial charge in [-0.25, -0.2) is 4.39 Å². The van der Waals surface area contributed by atoms with Crippen molar-refractivity contribution in [2.45, 2.75) is 58.7 Å². The lowest BCUT2D eigenvalue weighted by Crippen LogP contribution is -2.52. The van der Waals surface area contributed by atoms with Crippen molar-refractivity contribution in [3.63, 3.8) is 0 Å². The van der Waals surface area contributed by atoms with Gasteiger partial charge in [0, 0.05) is 24.1 Å². The fourth-order valence-corrected chi connectivity index (χ4v) is 3.36. The van der Waals surface area contributed by atoms with Gasteiger partial charge in [-0.3, -0.25) is 9.59 Å². The number of benzene rings is 2. The van der Waals surface area contributed by atoms with Gasteiger partial charge in [0.05, 0.1) is 0 Å². The van der Waals surface area contributed by atoms with Crippen LogP contribution in [0.25, 0.3) is 0 Å². The molecule has 0 aliphatic carbocycles. The number of ether oxygens (including phenoxy) is 2. The molecule has 0 saturated heterocycles. The molecule has 0 fully saturated rings. The van der Waals surface area contributed by atoms with Crippen LogP contribution in [-0.4, -0.2) is 35.1 Å². The van der Waals surface area contributed by atoms with Crippen LogP contribution in [-0.2, 0) is 22.6 Å². The van der Waals surface area contributed by atoms with Gasteiger partial charge in [-0.05, 0) is 57.9 Å². The summed E-state index contributed by atoms with van der Waals surface area (Å²) in [5, 5.41) is 2.90. The van der Waals surface area contributed by atoms with E-state index < -0.39 is 17.4 Å². The molecule has 0 unspecified atom stereocenters. The molecule has 1 aliphatic rings. The molecule has 0 saturated carbocycles. The fraction of sp³-hybridized carbons (Fsp3) is 0.417. The molecule has 6 nitrogen and oxygen atoms in total. The molecular weight excluding hydrogens is 399 g/mol. The Morgan fingerprint density at radius 1 is 1.13 bits per heavy atom. The van der Waals surface area contributed by atoms with Gasteiger partial charge in [0.1, 0.15) is 11.9 Å². The lowest BCUT2D eigenvalue weighted by Gasteiger charge is -2.31. The minimum atomic E-state index is -0.747. The first kappa shape index (κ1) is 22.6. The molecule has 2 aromatic carbocycles. The number of hydrogen-bond acceptors (Lipinski definition) is 4. The van der Waals surface area contributed by atoms with E-state index >= 15 is 0 Å². The Bertz CT molecular complexity index is 955. The average Bonchev–Trinajstić information content (AvgIpc) is 3.17. The summed E-state index contributed by atoms with van der Waals surface area (Å²) in [6.45, 7) is 7.50. The molecule has 1 N–H and O–H groups in total. The first-order valence-electron chi connectivity index (χ1n) is 10.4. The van der Waals surface area contributed by atoms with Crippen molar-refractivity contribution in [1.29, 1.82) is 0 Å². The van der Waals surface area contributed by atoms with Crippen molar-refractivity contribution in [3.05, 3.63) is 59.4 Å². The maximum absolute atomic E-state index is 14.3. The molecule has 166 valence electrons. The van der Waals surface area contributed by atoms with Crippen LogP contribution < -0.4 is 14.8 Å². The van der Waals surface area contributed by atoms with E-state index in [-0.39, 0.29) is 31.6 Å². The molecule has 1 atom stereocenters. The maximum Gasteiger partial charge on any atom is 0.242 e. The lowest BCUT2D eigenvalue weighted by molar-refractivity contribution is -0.141. The van der Waals surface area contributed by atoms with Crippen LogP contribution in [0.15, 0.2) is 42.5 Å². The van der Waals surface area contributed by atoms with Gasteiger partial charge in [0.15, 0.2) is 11.5 Å². The van der Waals surface area contributed by atoms with Gasteiger partial charge in [0.2, 0.25) is 18.6 Å². The standard InChI is InChI=1S/C24H29FN2O4/c1-16(23(29)26-24(2,3)4)27(14-18-7-5-6-8-19(18)25)22(28)12-10-17-9-11-20-21(13-17)31-15-30-20/h5-9,11,13,16H,10,12,14-15H2,1-4H3,(H,26,29)/t16-/m1/s1. The van der Waals surface area contributed by atoms with Crippen molar-refractivity contribution in [3.8, 4) is 11.5 Å². The molecule has 0 bridgehead atoms. The highest BCUT2D eigenvalue weighted by atomic mass is 19.1. The van der Waals surface area contributed by atoms with E-state index in [0.29, 0.717) is 23.5 Å². The van der Waals surface area contributed by atoms with E-state index in [1.807, 2.05) is 39.0 Å². The minimum Gasteiger partial charge on any atom is -0.454 e. The molecule has 0 aromatic heterocycles. The van der Waals surface area contributed by atoms with Crippen molar-refractivity contribution in [2.24, 2.45) is 0 Å². The second kappa shape index (κ2) is 9.37. The summed E-state index contributed by atoms with van der Waals surface area (Å²) in [4.78, 5) is 27.3. The number of hydrogen-bond donors (Lipinski definition) is 1. The second-order valence-electron chi connectivity index (χ2n) is 8.72. The number of fused-ring (bicyclic) bond motifs is 1. The van der Waals surface area contributed by atoms with E-state index in [0.717, 1.165) is 5.56 Å². The lowest BCUT2D eigenvalue weighted by atomic mass is 10.1. The first-order valence-corrected chi connectivity index (χ1v) is 10.4. The smallest absolute Gasteiger partial charge is 0.242 e. The molecule has 2 amide bonds. The van der Waals surface area contributed by atoms with Crippen LogP contribution in [0.5, 0.6) is 11.5 Å². The van der Waals surface area contributed by atoms with Crippen LogP contribution in [0, 0.1) is 5.82 Å². The number of nitrogens with one attached hydrogen (secondary N) is 1. The zero-order valence-electron chi connectivity index (χ0n) is 18.4. The van der Waals surface area contributed by atoms with Crippen molar-refractivity contribution in [2.75, 3.05) is 6.79 Å². The zero-order valence-corrected chi connectivity index (χ0v) is 18.4. The average molecular weight is 429 g/mol. The van der Waals surface area contributed by atoms with Crippen LogP contribution in [0.4, 0.5) is 4.39 Å². The van der Waals surface area contributed by atoms with Crippen molar-refractivity contribution >= 4 is 11.8 Å². The minimum absolute atomic E-state index is 0.0192. The summed E-state index contributed by atoms with van der Waals surface area (Å²) in [6, 6.07) is 11.1. The number of carbonyl (C=O) groups excluding carboxylic acids is 2. The Hall–Kier alpha value is -3.09. The van der Waals surface area contributed by atoms with Gasteiger partial charge in [-0.15, -0.1) is 0 Å². The Morgan fingerprint density at radius 3 is 2.55 bits per heavy atom. The van der Waals surface area contributed by atoms with Gasteiger partial charge >= 0.3 is 0 Å². The fourth-order valence-electron chi connectivity index (χ4n) is 3.36. The third kappa shape index (κ3) is 5.96. The molecule has 1 heterocycles. The van der Waals surface area contributed by atoms with Crippen LogP contribution in [0.2, 0.25) is 0 Å². The van der Waals surface area contributed by atoms with Gasteiger partial charge < -0.3 is 19.7 Å². The summed E-state index contributed by atoms with van der Waals surface area (Å²) in [5.74, 6) is 0.437. The quantitative estimate of drug-likeness (QED) is 0.728. The Morgan fingerprint density at radius 2 is 1.84 bits per heavy atom. The Balaban J connectivity index is 1.74. The summed E-state index contributed by atoms with van der Waals surface area (Å²) < 4.78 is 25.0. The van der Waals surface area contributed by atoms with Crippen molar-refractivity contribution < 1.29 is 23.5 Å². The number of carbonyl (C=O) groups is 2. The highest BCUT2D eigenvalue weighted by Crippen LogP contribution is 2.32. The topological polar surface area (TPSA) is 67.9 Å². The third-order valence-electron chi connectivity index (χ3n) is 5.03. The molecule has 31 heavy (non-hydrogen) atoms. The SMILES string of the molecule is C[C@H](C(=O)NC(C)(C)C)N(Cc1ccccc1F)C(=O)CCc1ccc2c(c1)OCO2. The number of aryl methyl sites for hydroxylation is 1. The maximum atomic E-state index is 14.3. The van der Waals surface area contributed by atoms with E-state index in [4.69, 9.17) is 9.47 Å². The van der Waals surface area contributed by atoms with E-state index in [1.165, 1.54) is 11.0 Å². The molecule has 0 radical (unpaired) electrons.